The van der Waals surface area contributed by atoms with E-state index in [1.54, 1.807) is 35.3 Å². The van der Waals surface area contributed by atoms with E-state index in [4.69, 9.17) is 11.6 Å². The molecule has 0 saturated heterocycles. The number of nitrogens with zero attached hydrogens (tertiary/aromatic N) is 4. The summed E-state index contributed by atoms with van der Waals surface area (Å²) >= 11 is 5.82. The SMILES string of the molecule is O=[N+]([O-])c1ccc2nn(-c3ccnc(Cl)c3)cc2c1. The maximum Gasteiger partial charge on any atom is 0.270 e. The molecule has 0 unspecified atom stereocenters. The number of fused-ring (bicyclic) bond motifs is 1. The number of nitro benzene ring substituents is 1. The normalized spacial score (nSPS) is 10.8. The van der Waals surface area contributed by atoms with Crippen molar-refractivity contribution in [2.75, 3.05) is 0 Å². The molecule has 0 aliphatic heterocycles. The van der Waals surface area contributed by atoms with Crippen LogP contribution in [0.5, 0.6) is 0 Å². The summed E-state index contributed by atoms with van der Waals surface area (Å²) in [6.07, 6.45) is 3.29. The highest BCUT2D eigenvalue weighted by Crippen LogP contribution is 2.21. The summed E-state index contributed by atoms with van der Waals surface area (Å²) in [7, 11) is 0. The minimum absolute atomic E-state index is 0.0415. The van der Waals surface area contributed by atoms with Crippen molar-refractivity contribution >= 4 is 28.2 Å². The number of non-ortho nitro benzene ring substituents is 1. The molecule has 94 valence electrons. The second-order valence-electron chi connectivity index (χ2n) is 3.91. The van der Waals surface area contributed by atoms with Crippen LogP contribution in [0, 0.1) is 10.1 Å². The first kappa shape index (κ1) is 11.6. The van der Waals surface area contributed by atoms with Crippen molar-refractivity contribution < 1.29 is 4.92 Å². The van der Waals surface area contributed by atoms with Gasteiger partial charge in [0.1, 0.15) is 5.15 Å². The third kappa shape index (κ3) is 2.13. The van der Waals surface area contributed by atoms with Crippen LogP contribution in [-0.4, -0.2) is 19.7 Å². The van der Waals surface area contributed by atoms with Crippen LogP contribution in [0.15, 0.2) is 42.7 Å². The van der Waals surface area contributed by atoms with Crippen molar-refractivity contribution in [3.8, 4) is 5.69 Å². The monoisotopic (exact) mass is 274 g/mol. The molecule has 1 aromatic carbocycles. The summed E-state index contributed by atoms with van der Waals surface area (Å²) in [4.78, 5) is 14.2. The Balaban J connectivity index is 2.14. The van der Waals surface area contributed by atoms with E-state index >= 15 is 0 Å². The quantitative estimate of drug-likeness (QED) is 0.409. The number of hydrogen-bond donors (Lipinski definition) is 0. The predicted octanol–water partition coefficient (Wildman–Crippen LogP) is 2.98. The maximum absolute atomic E-state index is 10.7. The van der Waals surface area contributed by atoms with E-state index in [-0.39, 0.29) is 5.69 Å². The predicted molar refractivity (Wildman–Crippen MR) is 70.5 cm³/mol. The first-order valence-corrected chi connectivity index (χ1v) is 5.77. The molecule has 0 saturated carbocycles. The molecule has 0 radical (unpaired) electrons. The van der Waals surface area contributed by atoms with Gasteiger partial charge < -0.3 is 0 Å². The molecule has 2 heterocycles. The van der Waals surface area contributed by atoms with E-state index in [9.17, 15) is 10.1 Å². The van der Waals surface area contributed by atoms with Gasteiger partial charge in [0.05, 0.1) is 16.1 Å². The van der Waals surface area contributed by atoms with E-state index in [2.05, 4.69) is 10.1 Å². The average molecular weight is 275 g/mol. The van der Waals surface area contributed by atoms with Gasteiger partial charge in [0, 0.05) is 36.0 Å². The van der Waals surface area contributed by atoms with Crippen molar-refractivity contribution in [2.24, 2.45) is 0 Å². The second kappa shape index (κ2) is 4.33. The maximum atomic E-state index is 10.7. The fraction of sp³-hybridized carbons (Fsp3) is 0. The lowest BCUT2D eigenvalue weighted by Crippen LogP contribution is -1.94. The molecule has 0 N–H and O–H groups in total. The number of benzene rings is 1. The molecule has 2 aromatic heterocycles. The Morgan fingerprint density at radius 3 is 2.84 bits per heavy atom. The van der Waals surface area contributed by atoms with Crippen molar-refractivity contribution in [1.82, 2.24) is 14.8 Å². The van der Waals surface area contributed by atoms with E-state index in [1.165, 1.54) is 12.1 Å². The van der Waals surface area contributed by atoms with Crippen molar-refractivity contribution in [2.45, 2.75) is 0 Å². The van der Waals surface area contributed by atoms with Gasteiger partial charge in [-0.3, -0.25) is 10.1 Å². The molecule has 0 atom stereocenters. The fourth-order valence-corrected chi connectivity index (χ4v) is 1.96. The van der Waals surface area contributed by atoms with Crippen LogP contribution in [0.3, 0.4) is 0 Å². The molecular weight excluding hydrogens is 268 g/mol. The van der Waals surface area contributed by atoms with Crippen LogP contribution in [0.4, 0.5) is 5.69 Å². The van der Waals surface area contributed by atoms with Gasteiger partial charge in [-0.1, -0.05) is 11.6 Å². The first-order chi connectivity index (χ1) is 9.13. The zero-order chi connectivity index (χ0) is 13.4. The number of pyridine rings is 1. The lowest BCUT2D eigenvalue weighted by atomic mass is 10.2. The zero-order valence-electron chi connectivity index (χ0n) is 9.52. The highest BCUT2D eigenvalue weighted by atomic mass is 35.5. The summed E-state index contributed by atoms with van der Waals surface area (Å²) in [6, 6.07) is 7.96. The van der Waals surface area contributed by atoms with Gasteiger partial charge in [0.2, 0.25) is 0 Å². The van der Waals surface area contributed by atoms with E-state index < -0.39 is 4.92 Å². The van der Waals surface area contributed by atoms with E-state index in [0.29, 0.717) is 16.1 Å². The third-order valence-corrected chi connectivity index (χ3v) is 2.88. The van der Waals surface area contributed by atoms with E-state index in [0.717, 1.165) is 5.69 Å². The summed E-state index contributed by atoms with van der Waals surface area (Å²) in [6.45, 7) is 0. The molecule has 3 rings (SSSR count). The molecular formula is C12H7ClN4O2. The second-order valence-corrected chi connectivity index (χ2v) is 4.30. The Labute approximate surface area is 112 Å². The Kier molecular flexibility index (Phi) is 2.64. The highest BCUT2D eigenvalue weighted by Gasteiger charge is 2.09. The molecule has 3 aromatic rings. The van der Waals surface area contributed by atoms with Crippen molar-refractivity contribution in [3.63, 3.8) is 0 Å². The van der Waals surface area contributed by atoms with Crippen LogP contribution in [0.2, 0.25) is 5.15 Å². The smallest absolute Gasteiger partial charge is 0.258 e. The van der Waals surface area contributed by atoms with Gasteiger partial charge in [0.25, 0.3) is 5.69 Å². The third-order valence-electron chi connectivity index (χ3n) is 2.67. The van der Waals surface area contributed by atoms with Gasteiger partial charge in [-0.15, -0.1) is 0 Å². The van der Waals surface area contributed by atoms with Crippen molar-refractivity contribution in [3.05, 3.63) is 58.0 Å². The number of halogens is 1. The van der Waals surface area contributed by atoms with Crippen LogP contribution < -0.4 is 0 Å². The van der Waals surface area contributed by atoms with Gasteiger partial charge in [-0.05, 0) is 12.1 Å². The van der Waals surface area contributed by atoms with Crippen molar-refractivity contribution in [1.29, 1.82) is 0 Å². The van der Waals surface area contributed by atoms with Gasteiger partial charge in [-0.25, -0.2) is 9.67 Å². The van der Waals surface area contributed by atoms with Crippen LogP contribution in [-0.2, 0) is 0 Å². The van der Waals surface area contributed by atoms with E-state index in [1.807, 2.05) is 0 Å². The first-order valence-electron chi connectivity index (χ1n) is 5.39. The molecule has 19 heavy (non-hydrogen) atoms. The molecule has 0 fully saturated rings. The number of hydrogen-bond acceptors (Lipinski definition) is 4. The summed E-state index contributed by atoms with van der Waals surface area (Å²) < 4.78 is 1.61. The minimum Gasteiger partial charge on any atom is -0.258 e. The molecule has 0 bridgehead atoms. The lowest BCUT2D eigenvalue weighted by Gasteiger charge is -1.99. The fourth-order valence-electron chi connectivity index (χ4n) is 1.79. The highest BCUT2D eigenvalue weighted by molar-refractivity contribution is 6.29. The van der Waals surface area contributed by atoms with Gasteiger partial charge in [0.15, 0.2) is 0 Å². The minimum atomic E-state index is -0.430. The molecule has 0 aliphatic carbocycles. The Hall–Kier alpha value is -2.47. The Bertz CT molecular complexity index is 784. The topological polar surface area (TPSA) is 73.8 Å². The lowest BCUT2D eigenvalue weighted by molar-refractivity contribution is -0.384. The standard InChI is InChI=1S/C12H7ClN4O2/c13-12-6-9(3-4-14-12)16-7-8-5-10(17(18)19)1-2-11(8)15-16/h1-7H. The zero-order valence-corrected chi connectivity index (χ0v) is 10.3. The van der Waals surface area contributed by atoms with Crippen LogP contribution in [0.25, 0.3) is 16.6 Å². The number of aromatic nitrogens is 3. The summed E-state index contributed by atoms with van der Waals surface area (Å²) in [5, 5.41) is 16.1. The summed E-state index contributed by atoms with van der Waals surface area (Å²) in [5.74, 6) is 0. The van der Waals surface area contributed by atoms with Crippen LogP contribution >= 0.6 is 11.6 Å². The Morgan fingerprint density at radius 2 is 2.11 bits per heavy atom. The van der Waals surface area contributed by atoms with Gasteiger partial charge >= 0.3 is 0 Å². The van der Waals surface area contributed by atoms with Gasteiger partial charge in [-0.2, -0.15) is 5.10 Å². The largest absolute Gasteiger partial charge is 0.270 e. The molecule has 7 heteroatoms. The molecule has 0 amide bonds. The van der Waals surface area contributed by atoms with Crippen LogP contribution in [0.1, 0.15) is 0 Å². The molecule has 6 nitrogen and oxygen atoms in total. The Morgan fingerprint density at radius 1 is 1.26 bits per heavy atom. The summed E-state index contributed by atoms with van der Waals surface area (Å²) in [5.41, 5.74) is 1.47. The number of nitro groups is 1. The molecule has 0 aliphatic rings. The molecule has 0 spiro atoms. The average Bonchev–Trinajstić information content (AvgIpc) is 2.81. The number of rotatable bonds is 2.